The number of carboxylic acids is 1. The minimum absolute atomic E-state index is 0.0146. The van der Waals surface area contributed by atoms with Crippen LogP contribution < -0.4 is 0 Å². The Bertz CT molecular complexity index is 798. The van der Waals surface area contributed by atoms with Crippen molar-refractivity contribution in [2.24, 2.45) is 0 Å². The van der Waals surface area contributed by atoms with Crippen LogP contribution in [0, 0.1) is 0 Å². The fraction of sp³-hybridized carbons (Fsp3) is 0.0625. The molecular weight excluding hydrogens is 298 g/mol. The number of hydrogen-bond donors (Lipinski definition) is 1. The first-order valence-electron chi connectivity index (χ1n) is 6.57. The summed E-state index contributed by atoms with van der Waals surface area (Å²) in [7, 11) is 0. The lowest BCUT2D eigenvalue weighted by molar-refractivity contribution is 0.0690. The highest BCUT2D eigenvalue weighted by Crippen LogP contribution is 2.26. The molecule has 3 rings (SSSR count). The molecule has 0 fully saturated rings. The van der Waals surface area contributed by atoms with E-state index in [2.05, 4.69) is 10.1 Å². The zero-order chi connectivity index (χ0) is 15.5. The molecule has 6 heteroatoms. The zero-order valence-electron chi connectivity index (χ0n) is 11.8. The molecule has 3 aromatic rings. The van der Waals surface area contributed by atoms with Gasteiger partial charge in [0.15, 0.2) is 5.69 Å². The van der Waals surface area contributed by atoms with Gasteiger partial charge < -0.3 is 5.11 Å². The summed E-state index contributed by atoms with van der Waals surface area (Å²) in [5.74, 6) is -1.05. The molecule has 0 aliphatic heterocycles. The normalized spacial score (nSPS) is 10.6. The molecule has 0 aliphatic rings. The molecule has 0 amide bonds. The lowest BCUT2D eigenvalue weighted by Crippen LogP contribution is -2.02. The predicted octanol–water partition coefficient (Wildman–Crippen LogP) is 3.35. The van der Waals surface area contributed by atoms with Crippen molar-refractivity contribution in [3.8, 4) is 16.9 Å². The van der Waals surface area contributed by atoms with Gasteiger partial charge in [-0.3, -0.25) is 4.98 Å². The van der Waals surface area contributed by atoms with Gasteiger partial charge in [-0.15, -0.1) is 11.8 Å². The maximum Gasteiger partial charge on any atom is 0.356 e. The number of pyridine rings is 1. The molecule has 110 valence electrons. The zero-order valence-corrected chi connectivity index (χ0v) is 12.6. The molecule has 2 heterocycles. The number of hydrogen-bond acceptors (Lipinski definition) is 4. The lowest BCUT2D eigenvalue weighted by atomic mass is 10.1. The molecule has 0 saturated carbocycles. The van der Waals surface area contributed by atoms with Crippen LogP contribution in [0.1, 0.15) is 10.5 Å². The van der Waals surface area contributed by atoms with Gasteiger partial charge in [-0.05, 0) is 36.6 Å². The maximum atomic E-state index is 11.2. The minimum atomic E-state index is -1.05. The number of aromatic nitrogens is 3. The molecular formula is C16H13N3O2S. The van der Waals surface area contributed by atoms with E-state index >= 15 is 0 Å². The SMILES string of the molecule is CSc1ccc(-c2cc(C(=O)O)nn2-c2ccncc2)cc1. The molecule has 0 bridgehead atoms. The average Bonchev–Trinajstić information content (AvgIpc) is 3.01. The van der Waals surface area contributed by atoms with Crippen LogP contribution in [0.15, 0.2) is 59.8 Å². The van der Waals surface area contributed by atoms with E-state index in [9.17, 15) is 9.90 Å². The Morgan fingerprint density at radius 2 is 1.82 bits per heavy atom. The summed E-state index contributed by atoms with van der Waals surface area (Å²) < 4.78 is 1.62. The Morgan fingerprint density at radius 3 is 2.41 bits per heavy atom. The minimum Gasteiger partial charge on any atom is -0.476 e. The van der Waals surface area contributed by atoms with Gasteiger partial charge in [-0.1, -0.05) is 12.1 Å². The predicted molar refractivity (Wildman–Crippen MR) is 85.5 cm³/mol. The quantitative estimate of drug-likeness (QED) is 0.748. The van der Waals surface area contributed by atoms with Gasteiger partial charge in [-0.25, -0.2) is 9.48 Å². The molecule has 5 nitrogen and oxygen atoms in total. The Kier molecular flexibility index (Phi) is 3.93. The number of rotatable bonds is 4. The number of aromatic carboxylic acids is 1. The van der Waals surface area contributed by atoms with Crippen molar-refractivity contribution >= 4 is 17.7 Å². The van der Waals surface area contributed by atoms with Gasteiger partial charge in [0, 0.05) is 22.9 Å². The van der Waals surface area contributed by atoms with Crippen molar-refractivity contribution in [2.45, 2.75) is 4.90 Å². The first kappa shape index (κ1) is 14.3. The summed E-state index contributed by atoms with van der Waals surface area (Å²) in [5, 5.41) is 13.4. The second kappa shape index (κ2) is 6.03. The van der Waals surface area contributed by atoms with E-state index in [0.29, 0.717) is 0 Å². The Balaban J connectivity index is 2.14. The highest BCUT2D eigenvalue weighted by atomic mass is 32.2. The van der Waals surface area contributed by atoms with E-state index in [-0.39, 0.29) is 5.69 Å². The highest BCUT2D eigenvalue weighted by Gasteiger charge is 2.15. The van der Waals surface area contributed by atoms with Crippen molar-refractivity contribution in [2.75, 3.05) is 6.26 Å². The van der Waals surface area contributed by atoms with Crippen molar-refractivity contribution in [3.63, 3.8) is 0 Å². The van der Waals surface area contributed by atoms with Crippen molar-refractivity contribution in [1.29, 1.82) is 0 Å². The van der Waals surface area contributed by atoms with Crippen LogP contribution in [0.25, 0.3) is 16.9 Å². The van der Waals surface area contributed by atoms with Crippen LogP contribution >= 0.6 is 11.8 Å². The summed E-state index contributed by atoms with van der Waals surface area (Å²) in [6.45, 7) is 0. The average molecular weight is 311 g/mol. The molecule has 1 N–H and O–H groups in total. The van der Waals surface area contributed by atoms with Gasteiger partial charge in [0.2, 0.25) is 0 Å². The molecule has 0 spiro atoms. The van der Waals surface area contributed by atoms with Gasteiger partial charge >= 0.3 is 5.97 Å². The van der Waals surface area contributed by atoms with Crippen LogP contribution in [0.3, 0.4) is 0 Å². The van der Waals surface area contributed by atoms with E-state index < -0.39 is 5.97 Å². The first-order chi connectivity index (χ1) is 10.7. The van der Waals surface area contributed by atoms with Crippen molar-refractivity contribution in [3.05, 3.63) is 60.6 Å². The molecule has 1 aromatic carbocycles. The Labute approximate surface area is 131 Å². The third-order valence-corrected chi connectivity index (χ3v) is 3.97. The van der Waals surface area contributed by atoms with E-state index in [1.807, 2.05) is 30.5 Å². The third-order valence-electron chi connectivity index (χ3n) is 3.22. The number of benzene rings is 1. The third kappa shape index (κ3) is 2.73. The fourth-order valence-electron chi connectivity index (χ4n) is 2.14. The van der Waals surface area contributed by atoms with Crippen LogP contribution in [0.4, 0.5) is 0 Å². The molecule has 0 unspecified atom stereocenters. The number of nitrogens with zero attached hydrogens (tertiary/aromatic N) is 3. The van der Waals surface area contributed by atoms with Crippen LogP contribution in [-0.4, -0.2) is 32.1 Å². The van der Waals surface area contributed by atoms with Crippen molar-refractivity contribution < 1.29 is 9.90 Å². The summed E-state index contributed by atoms with van der Waals surface area (Å²) in [6.07, 6.45) is 5.31. The van der Waals surface area contributed by atoms with Gasteiger partial charge in [-0.2, -0.15) is 5.10 Å². The first-order valence-corrected chi connectivity index (χ1v) is 7.79. The van der Waals surface area contributed by atoms with E-state index in [1.165, 1.54) is 0 Å². The molecule has 0 saturated heterocycles. The Hall–Kier alpha value is -2.60. The van der Waals surface area contributed by atoms with Crippen LogP contribution in [-0.2, 0) is 0 Å². The second-order valence-electron chi connectivity index (χ2n) is 4.57. The molecule has 2 aromatic heterocycles. The number of carboxylic acid groups (broad SMARTS) is 1. The van der Waals surface area contributed by atoms with Gasteiger partial charge in [0.05, 0.1) is 11.4 Å². The monoisotopic (exact) mass is 311 g/mol. The molecule has 0 aliphatic carbocycles. The highest BCUT2D eigenvalue weighted by molar-refractivity contribution is 7.98. The fourth-order valence-corrected chi connectivity index (χ4v) is 2.54. The van der Waals surface area contributed by atoms with E-state index in [4.69, 9.17) is 0 Å². The Morgan fingerprint density at radius 1 is 1.14 bits per heavy atom. The van der Waals surface area contributed by atoms with Gasteiger partial charge in [0.25, 0.3) is 0 Å². The smallest absolute Gasteiger partial charge is 0.356 e. The summed E-state index contributed by atoms with van der Waals surface area (Å²) in [4.78, 5) is 16.4. The molecule has 22 heavy (non-hydrogen) atoms. The standard InChI is InChI=1S/C16H13N3O2S/c1-22-13-4-2-11(3-5-13)15-10-14(16(20)21)18-19(15)12-6-8-17-9-7-12/h2-10H,1H3,(H,20,21). The summed E-state index contributed by atoms with van der Waals surface area (Å²) >= 11 is 1.66. The van der Waals surface area contributed by atoms with E-state index in [0.717, 1.165) is 21.8 Å². The largest absolute Gasteiger partial charge is 0.476 e. The second-order valence-corrected chi connectivity index (χ2v) is 5.45. The summed E-state index contributed by atoms with van der Waals surface area (Å²) in [5.41, 5.74) is 2.43. The van der Waals surface area contributed by atoms with Crippen molar-refractivity contribution in [1.82, 2.24) is 14.8 Å². The molecule has 0 radical (unpaired) electrons. The number of carbonyl (C=O) groups is 1. The van der Waals surface area contributed by atoms with Gasteiger partial charge in [0.1, 0.15) is 0 Å². The maximum absolute atomic E-state index is 11.2. The summed E-state index contributed by atoms with van der Waals surface area (Å²) in [6, 6.07) is 13.1. The molecule has 0 atom stereocenters. The van der Waals surface area contributed by atoms with E-state index in [1.54, 1.807) is 47.0 Å². The van der Waals surface area contributed by atoms with Crippen LogP contribution in [0.5, 0.6) is 0 Å². The lowest BCUT2D eigenvalue weighted by Gasteiger charge is -2.07. The topological polar surface area (TPSA) is 68.0 Å². The van der Waals surface area contributed by atoms with Crippen LogP contribution in [0.2, 0.25) is 0 Å². The number of thioether (sulfide) groups is 1.